The van der Waals surface area contributed by atoms with E-state index in [9.17, 15) is 0 Å². The highest BCUT2D eigenvalue weighted by Gasteiger charge is 2.25. The maximum atomic E-state index is 6.10. The number of nitrogens with zero attached hydrogens (tertiary/aromatic N) is 3. The summed E-state index contributed by atoms with van der Waals surface area (Å²) < 4.78 is 1.90. The molecule has 0 fully saturated rings. The van der Waals surface area contributed by atoms with Crippen molar-refractivity contribution >= 4 is 34.8 Å². The molecular weight excluding hydrogens is 403 g/mol. The zero-order chi connectivity index (χ0) is 19.8. The van der Waals surface area contributed by atoms with E-state index in [1.165, 1.54) is 0 Å². The molecule has 0 unspecified atom stereocenters. The van der Waals surface area contributed by atoms with Gasteiger partial charge in [-0.2, -0.15) is 4.98 Å². The maximum absolute atomic E-state index is 6.10. The van der Waals surface area contributed by atoms with Gasteiger partial charge in [0.15, 0.2) is 5.82 Å². The first-order valence-corrected chi connectivity index (χ1v) is 9.95. The Morgan fingerprint density at radius 2 is 1.41 bits per heavy atom. The number of nitrogens with one attached hydrogen (secondary N) is 1. The average Bonchev–Trinajstić information content (AvgIpc) is 3.19. The lowest BCUT2D eigenvalue weighted by Gasteiger charge is -2.24. The van der Waals surface area contributed by atoms with Crippen LogP contribution < -0.4 is 5.32 Å². The van der Waals surface area contributed by atoms with Gasteiger partial charge in [0, 0.05) is 21.3 Å². The van der Waals surface area contributed by atoms with Gasteiger partial charge in [0.05, 0.1) is 0 Å². The van der Waals surface area contributed by atoms with Crippen molar-refractivity contribution in [2.24, 2.45) is 0 Å². The number of rotatable bonds is 3. The van der Waals surface area contributed by atoms with Gasteiger partial charge in [0.1, 0.15) is 6.04 Å². The molecule has 2 heterocycles. The summed E-state index contributed by atoms with van der Waals surface area (Å²) in [6.45, 7) is 0. The Labute approximate surface area is 178 Å². The number of hydrogen-bond acceptors (Lipinski definition) is 3. The van der Waals surface area contributed by atoms with Gasteiger partial charge in [0.2, 0.25) is 5.95 Å². The molecule has 1 aromatic heterocycles. The Morgan fingerprint density at radius 3 is 2.10 bits per heavy atom. The van der Waals surface area contributed by atoms with Gasteiger partial charge >= 0.3 is 0 Å². The summed E-state index contributed by atoms with van der Waals surface area (Å²) in [7, 11) is 0. The summed E-state index contributed by atoms with van der Waals surface area (Å²) in [5.41, 5.74) is 4.08. The minimum atomic E-state index is -0.104. The highest BCUT2D eigenvalue weighted by molar-refractivity contribution is 6.30. The Hall–Kier alpha value is -3.08. The van der Waals surface area contributed by atoms with Crippen LogP contribution in [0.5, 0.6) is 0 Å². The summed E-state index contributed by atoms with van der Waals surface area (Å²) in [4.78, 5) is 4.75. The van der Waals surface area contributed by atoms with Crippen molar-refractivity contribution in [1.82, 2.24) is 14.8 Å². The molecule has 142 valence electrons. The second kappa shape index (κ2) is 7.39. The zero-order valence-electron chi connectivity index (χ0n) is 15.3. The Bertz CT molecular complexity index is 1180. The molecule has 4 aromatic rings. The van der Waals surface area contributed by atoms with Crippen LogP contribution in [-0.4, -0.2) is 14.8 Å². The van der Waals surface area contributed by atoms with E-state index in [2.05, 4.69) is 23.5 Å². The Morgan fingerprint density at radius 1 is 0.759 bits per heavy atom. The number of allylic oxidation sites excluding steroid dienone is 1. The summed E-state index contributed by atoms with van der Waals surface area (Å²) in [5, 5.41) is 9.59. The lowest BCUT2D eigenvalue weighted by Crippen LogP contribution is -2.20. The molecule has 3 aromatic carbocycles. The van der Waals surface area contributed by atoms with Crippen molar-refractivity contribution in [3.8, 4) is 11.4 Å². The summed E-state index contributed by atoms with van der Waals surface area (Å²) in [5.74, 6) is 1.34. The largest absolute Gasteiger partial charge is 0.324 e. The van der Waals surface area contributed by atoms with Crippen molar-refractivity contribution in [2.45, 2.75) is 6.04 Å². The quantitative estimate of drug-likeness (QED) is 0.423. The van der Waals surface area contributed by atoms with E-state index >= 15 is 0 Å². The van der Waals surface area contributed by atoms with Crippen LogP contribution in [0.2, 0.25) is 10.0 Å². The van der Waals surface area contributed by atoms with Crippen LogP contribution in [-0.2, 0) is 0 Å². The van der Waals surface area contributed by atoms with Gasteiger partial charge in [-0.05, 0) is 53.6 Å². The van der Waals surface area contributed by atoms with Gasteiger partial charge in [0.25, 0.3) is 0 Å². The fourth-order valence-electron chi connectivity index (χ4n) is 3.40. The summed E-state index contributed by atoms with van der Waals surface area (Å²) in [6, 6.07) is 25.4. The molecule has 1 aliphatic heterocycles. The van der Waals surface area contributed by atoms with E-state index in [1.54, 1.807) is 0 Å². The van der Waals surface area contributed by atoms with Crippen LogP contribution in [0.25, 0.3) is 17.1 Å². The third-order valence-corrected chi connectivity index (χ3v) is 5.37. The van der Waals surface area contributed by atoms with Gasteiger partial charge in [-0.3, -0.25) is 0 Å². The topological polar surface area (TPSA) is 42.7 Å². The number of fused-ring (bicyclic) bond motifs is 1. The SMILES string of the molecule is Clc1ccc(-c2nc3n(n2)[C@@H](c2ccc(Cl)cc2)C=C(c2ccccc2)N3)cc1. The highest BCUT2D eigenvalue weighted by Crippen LogP contribution is 2.34. The average molecular weight is 419 g/mol. The molecule has 0 bridgehead atoms. The first-order chi connectivity index (χ1) is 14.2. The molecule has 0 saturated carbocycles. The van der Waals surface area contributed by atoms with Gasteiger partial charge in [-0.1, -0.05) is 65.7 Å². The number of halogens is 2. The highest BCUT2D eigenvalue weighted by atomic mass is 35.5. The van der Waals surface area contributed by atoms with Crippen LogP contribution in [0, 0.1) is 0 Å². The third-order valence-electron chi connectivity index (χ3n) is 4.86. The van der Waals surface area contributed by atoms with Crippen molar-refractivity contribution in [2.75, 3.05) is 5.32 Å². The number of aromatic nitrogens is 3. The minimum Gasteiger partial charge on any atom is -0.324 e. The molecule has 0 aliphatic carbocycles. The number of benzene rings is 3. The van der Waals surface area contributed by atoms with Gasteiger partial charge in [-0.15, -0.1) is 5.10 Å². The zero-order valence-corrected chi connectivity index (χ0v) is 16.8. The van der Waals surface area contributed by atoms with E-state index in [0.717, 1.165) is 22.4 Å². The normalized spacial score (nSPS) is 15.4. The number of hydrogen-bond donors (Lipinski definition) is 1. The molecule has 0 amide bonds. The van der Waals surface area contributed by atoms with Gasteiger partial charge < -0.3 is 5.32 Å². The molecule has 5 rings (SSSR count). The molecule has 1 N–H and O–H groups in total. The van der Waals surface area contributed by atoms with Gasteiger partial charge in [-0.25, -0.2) is 4.68 Å². The van der Waals surface area contributed by atoms with Crippen molar-refractivity contribution < 1.29 is 0 Å². The third kappa shape index (κ3) is 3.53. The molecule has 0 radical (unpaired) electrons. The van der Waals surface area contributed by atoms with Crippen molar-refractivity contribution in [3.63, 3.8) is 0 Å². The second-order valence-electron chi connectivity index (χ2n) is 6.78. The lowest BCUT2D eigenvalue weighted by molar-refractivity contribution is 0.613. The maximum Gasteiger partial charge on any atom is 0.227 e. The molecule has 4 nitrogen and oxygen atoms in total. The van der Waals surface area contributed by atoms with Crippen molar-refractivity contribution in [1.29, 1.82) is 0 Å². The van der Waals surface area contributed by atoms with E-state index < -0.39 is 0 Å². The molecular formula is C23H16Cl2N4. The first kappa shape index (κ1) is 18.0. The van der Waals surface area contributed by atoms with E-state index in [0.29, 0.717) is 21.8 Å². The minimum absolute atomic E-state index is 0.104. The second-order valence-corrected chi connectivity index (χ2v) is 7.65. The predicted octanol–water partition coefficient (Wildman–Crippen LogP) is 6.31. The standard InChI is InChI=1S/C23H16Cl2N4/c24-18-10-6-16(7-11-18)21-14-20(15-4-2-1-3-5-15)26-23-27-22(28-29(21)23)17-8-12-19(25)13-9-17/h1-14,21H,(H,26,27,28)/t21-/m1/s1. The molecule has 1 aliphatic rings. The smallest absolute Gasteiger partial charge is 0.227 e. The number of anilines is 1. The molecule has 0 saturated heterocycles. The van der Waals surface area contributed by atoms with Crippen LogP contribution >= 0.6 is 23.2 Å². The fourth-order valence-corrected chi connectivity index (χ4v) is 3.65. The summed E-state index contributed by atoms with van der Waals surface area (Å²) >= 11 is 12.1. The molecule has 29 heavy (non-hydrogen) atoms. The monoisotopic (exact) mass is 418 g/mol. The predicted molar refractivity (Wildman–Crippen MR) is 118 cm³/mol. The molecule has 6 heteroatoms. The molecule has 1 atom stereocenters. The van der Waals surface area contributed by atoms with Crippen LogP contribution in [0.1, 0.15) is 17.2 Å². The Kier molecular flexibility index (Phi) is 4.58. The Balaban J connectivity index is 1.62. The fraction of sp³-hybridized carbons (Fsp3) is 0.0435. The molecule has 0 spiro atoms. The van der Waals surface area contributed by atoms with Crippen LogP contribution in [0.3, 0.4) is 0 Å². The first-order valence-electron chi connectivity index (χ1n) is 9.19. The van der Waals surface area contributed by atoms with Crippen LogP contribution in [0.15, 0.2) is 84.9 Å². The van der Waals surface area contributed by atoms with E-state index in [-0.39, 0.29) is 6.04 Å². The summed E-state index contributed by atoms with van der Waals surface area (Å²) in [6.07, 6.45) is 2.16. The van der Waals surface area contributed by atoms with Crippen molar-refractivity contribution in [3.05, 3.63) is 106 Å². The van der Waals surface area contributed by atoms with E-state index in [4.69, 9.17) is 33.3 Å². The van der Waals surface area contributed by atoms with Crippen LogP contribution in [0.4, 0.5) is 5.95 Å². The van der Waals surface area contributed by atoms with E-state index in [1.807, 2.05) is 71.4 Å². The lowest BCUT2D eigenvalue weighted by atomic mass is 10.0.